The lowest BCUT2D eigenvalue weighted by atomic mass is 9.91. The molecule has 100 valence electrons. The molecule has 0 bridgehead atoms. The van der Waals surface area contributed by atoms with E-state index >= 15 is 0 Å². The van der Waals surface area contributed by atoms with Crippen molar-refractivity contribution in [2.45, 2.75) is 39.2 Å². The highest BCUT2D eigenvalue weighted by atomic mass is 35.5. The fraction of sp³-hybridized carbons (Fsp3) is 0.500. The van der Waals surface area contributed by atoms with Gasteiger partial charge in [-0.15, -0.1) is 0 Å². The molecule has 0 aliphatic heterocycles. The van der Waals surface area contributed by atoms with Gasteiger partial charge in [-0.05, 0) is 17.5 Å². The molecule has 0 radical (unpaired) electrons. The molecule has 18 heavy (non-hydrogen) atoms. The minimum atomic E-state index is -1.00. The van der Waals surface area contributed by atoms with Crippen LogP contribution in [0.5, 0.6) is 0 Å². The summed E-state index contributed by atoms with van der Waals surface area (Å²) in [6, 6.07) is 4.35. The van der Waals surface area contributed by atoms with E-state index < -0.39 is 11.9 Å². The number of hydrogen-bond donors (Lipinski definition) is 1. The molecule has 4 heteroatoms. The largest absolute Gasteiger partial charge is 0.385 e. The quantitative estimate of drug-likeness (QED) is 0.862. The van der Waals surface area contributed by atoms with E-state index in [0.29, 0.717) is 5.56 Å². The van der Waals surface area contributed by atoms with Crippen LogP contribution >= 0.6 is 11.6 Å². The third-order valence-electron chi connectivity index (χ3n) is 3.22. The second-order valence-electron chi connectivity index (χ2n) is 4.38. The minimum Gasteiger partial charge on any atom is -0.385 e. The highest BCUT2D eigenvalue weighted by Crippen LogP contribution is 2.22. The molecule has 0 amide bonds. The Labute approximate surface area is 112 Å². The van der Waals surface area contributed by atoms with Gasteiger partial charge in [0.15, 0.2) is 5.78 Å². The summed E-state index contributed by atoms with van der Waals surface area (Å²) in [7, 11) is 0. The number of carbonyl (C=O) groups excluding carboxylic acids is 1. The number of aliphatic hydroxyl groups is 1. The lowest BCUT2D eigenvalue weighted by molar-refractivity contribution is -0.129. The van der Waals surface area contributed by atoms with Gasteiger partial charge < -0.3 is 5.11 Å². The predicted octanol–water partition coefficient (Wildman–Crippen LogP) is 3.39. The molecule has 0 aliphatic carbocycles. The molecule has 1 unspecified atom stereocenters. The van der Waals surface area contributed by atoms with E-state index in [1.807, 2.05) is 13.8 Å². The van der Waals surface area contributed by atoms with E-state index in [0.717, 1.165) is 12.8 Å². The van der Waals surface area contributed by atoms with Gasteiger partial charge in [0.05, 0.1) is 5.02 Å². The molecule has 2 nitrogen and oxygen atoms in total. The summed E-state index contributed by atoms with van der Waals surface area (Å²) >= 11 is 5.78. The lowest BCUT2D eigenvalue weighted by Crippen LogP contribution is -2.30. The van der Waals surface area contributed by atoms with E-state index in [9.17, 15) is 14.3 Å². The van der Waals surface area contributed by atoms with Gasteiger partial charge in [0, 0.05) is 6.42 Å². The van der Waals surface area contributed by atoms with Crippen LogP contribution in [-0.2, 0) is 11.2 Å². The molecule has 1 rings (SSSR count). The normalized spacial score (nSPS) is 12.8. The summed E-state index contributed by atoms with van der Waals surface area (Å²) in [5.41, 5.74) is 0.423. The minimum absolute atomic E-state index is 0.0335. The van der Waals surface area contributed by atoms with Crippen molar-refractivity contribution in [3.63, 3.8) is 0 Å². The lowest BCUT2D eigenvalue weighted by Gasteiger charge is -2.19. The van der Waals surface area contributed by atoms with Gasteiger partial charge in [0.2, 0.25) is 0 Å². The molecule has 0 saturated heterocycles. The number of aliphatic hydroxyl groups excluding tert-OH is 1. The van der Waals surface area contributed by atoms with Gasteiger partial charge in [-0.1, -0.05) is 50.4 Å². The Morgan fingerprint density at radius 1 is 1.39 bits per heavy atom. The molecule has 0 spiro atoms. The van der Waals surface area contributed by atoms with E-state index in [-0.39, 0.29) is 23.1 Å². The number of benzene rings is 1. The Kier molecular flexibility index (Phi) is 5.76. The highest BCUT2D eigenvalue weighted by Gasteiger charge is 2.24. The summed E-state index contributed by atoms with van der Waals surface area (Å²) in [4.78, 5) is 11.9. The molecule has 0 fully saturated rings. The van der Waals surface area contributed by atoms with Crippen molar-refractivity contribution >= 4 is 17.4 Å². The molecular formula is C14H18ClFO2. The summed E-state index contributed by atoms with van der Waals surface area (Å²) in [5, 5.41) is 9.87. The number of hydrogen-bond acceptors (Lipinski definition) is 2. The fourth-order valence-electron chi connectivity index (χ4n) is 1.98. The maximum Gasteiger partial charge on any atom is 0.165 e. The second kappa shape index (κ2) is 6.86. The summed E-state index contributed by atoms with van der Waals surface area (Å²) in [5.74, 6) is -0.903. The van der Waals surface area contributed by atoms with Crippen molar-refractivity contribution < 1.29 is 14.3 Å². The second-order valence-corrected chi connectivity index (χ2v) is 4.76. The first-order chi connectivity index (χ1) is 8.51. The monoisotopic (exact) mass is 272 g/mol. The van der Waals surface area contributed by atoms with Crippen LogP contribution in [0.15, 0.2) is 18.2 Å². The maximum atomic E-state index is 13.2. The smallest absolute Gasteiger partial charge is 0.165 e. The van der Waals surface area contributed by atoms with Crippen molar-refractivity contribution in [3.8, 4) is 0 Å². The first kappa shape index (κ1) is 15.1. The van der Waals surface area contributed by atoms with Crippen LogP contribution in [-0.4, -0.2) is 17.0 Å². The van der Waals surface area contributed by atoms with Crippen molar-refractivity contribution in [1.29, 1.82) is 0 Å². The topological polar surface area (TPSA) is 37.3 Å². The Balaban J connectivity index is 2.78. The van der Waals surface area contributed by atoms with Gasteiger partial charge in [-0.2, -0.15) is 0 Å². The number of carbonyl (C=O) groups is 1. The summed E-state index contributed by atoms with van der Waals surface area (Å²) < 4.78 is 13.2. The molecule has 0 heterocycles. The van der Waals surface area contributed by atoms with E-state index in [4.69, 9.17) is 11.6 Å². The Hall–Kier alpha value is -0.930. The number of ketones is 1. The zero-order valence-electron chi connectivity index (χ0n) is 10.6. The van der Waals surface area contributed by atoms with Crippen LogP contribution in [0, 0.1) is 11.7 Å². The molecule has 1 aromatic carbocycles. The summed E-state index contributed by atoms with van der Waals surface area (Å²) in [6.45, 7) is 3.86. The molecule has 0 aliphatic rings. The third kappa shape index (κ3) is 3.53. The number of halogens is 2. The Bertz CT molecular complexity index is 416. The number of rotatable bonds is 6. The van der Waals surface area contributed by atoms with Crippen molar-refractivity contribution in [2.75, 3.05) is 0 Å². The van der Waals surface area contributed by atoms with Crippen molar-refractivity contribution in [3.05, 3.63) is 34.6 Å². The van der Waals surface area contributed by atoms with Crippen molar-refractivity contribution in [2.24, 2.45) is 5.92 Å². The van der Waals surface area contributed by atoms with Crippen LogP contribution in [0.3, 0.4) is 0 Å². The van der Waals surface area contributed by atoms with E-state index in [1.54, 1.807) is 6.07 Å². The zero-order chi connectivity index (χ0) is 13.7. The van der Waals surface area contributed by atoms with E-state index in [1.165, 1.54) is 12.1 Å². The Morgan fingerprint density at radius 3 is 2.56 bits per heavy atom. The fourth-order valence-corrected chi connectivity index (χ4v) is 2.17. The van der Waals surface area contributed by atoms with Crippen LogP contribution in [0.4, 0.5) is 4.39 Å². The molecule has 0 aromatic heterocycles. The molecule has 1 N–H and O–H groups in total. The highest BCUT2D eigenvalue weighted by molar-refractivity contribution is 6.31. The van der Waals surface area contributed by atoms with Crippen molar-refractivity contribution in [1.82, 2.24) is 0 Å². The predicted molar refractivity (Wildman–Crippen MR) is 70.2 cm³/mol. The molecule has 0 saturated carbocycles. The molecular weight excluding hydrogens is 255 g/mol. The molecule has 1 atom stereocenters. The van der Waals surface area contributed by atoms with Gasteiger partial charge in [0.1, 0.15) is 11.9 Å². The SMILES string of the molecule is CCC(CC)C(O)C(=O)Cc1cccc(F)c1Cl. The standard InChI is InChI=1S/C14H18ClFO2/c1-3-9(4-2)14(18)12(17)8-10-6-5-7-11(16)13(10)15/h5-7,9,14,18H,3-4,8H2,1-2H3. The van der Waals surface area contributed by atoms with Crippen LogP contribution in [0.2, 0.25) is 5.02 Å². The first-order valence-electron chi connectivity index (χ1n) is 6.14. The van der Waals surface area contributed by atoms with Gasteiger partial charge in [0.25, 0.3) is 0 Å². The van der Waals surface area contributed by atoms with Crippen LogP contribution < -0.4 is 0 Å². The van der Waals surface area contributed by atoms with Crippen LogP contribution in [0.25, 0.3) is 0 Å². The van der Waals surface area contributed by atoms with E-state index in [2.05, 4.69) is 0 Å². The van der Waals surface area contributed by atoms with Gasteiger partial charge in [-0.3, -0.25) is 4.79 Å². The number of Topliss-reactive ketones (excluding diaryl/α,β-unsaturated/α-hetero) is 1. The maximum absolute atomic E-state index is 13.2. The summed E-state index contributed by atoms with van der Waals surface area (Å²) in [6.07, 6.45) is 0.439. The zero-order valence-corrected chi connectivity index (χ0v) is 11.4. The third-order valence-corrected chi connectivity index (χ3v) is 3.64. The van der Waals surface area contributed by atoms with Gasteiger partial charge >= 0.3 is 0 Å². The first-order valence-corrected chi connectivity index (χ1v) is 6.52. The Morgan fingerprint density at radius 2 is 2.00 bits per heavy atom. The molecule has 1 aromatic rings. The average Bonchev–Trinajstić information content (AvgIpc) is 2.36. The van der Waals surface area contributed by atoms with Crippen LogP contribution in [0.1, 0.15) is 32.3 Å². The van der Waals surface area contributed by atoms with Gasteiger partial charge in [-0.25, -0.2) is 4.39 Å². The average molecular weight is 273 g/mol.